The van der Waals surface area contributed by atoms with Gasteiger partial charge < -0.3 is 36.2 Å². The number of hydrogen-bond donors (Lipinski definition) is 6. The maximum Gasteiger partial charge on any atom is 0.253 e. The van der Waals surface area contributed by atoms with Crippen molar-refractivity contribution in [3.8, 4) is 0 Å². The van der Waals surface area contributed by atoms with E-state index in [2.05, 4.69) is 0 Å². The number of β-amino-alcohol motifs (C(OH)–C–C–N with tert-alkyl or cyclic N) is 3. The summed E-state index contributed by atoms with van der Waals surface area (Å²) >= 11 is 0. The van der Waals surface area contributed by atoms with E-state index in [4.69, 9.17) is 5.73 Å². The van der Waals surface area contributed by atoms with Gasteiger partial charge in [-0.2, -0.15) is 0 Å². The van der Waals surface area contributed by atoms with Crippen LogP contribution in [0.1, 0.15) is 5.56 Å². The molecule has 2 amide bonds. The van der Waals surface area contributed by atoms with E-state index in [1.54, 1.807) is 4.90 Å². The van der Waals surface area contributed by atoms with Gasteiger partial charge in [-0.1, -0.05) is 30.3 Å². The van der Waals surface area contributed by atoms with Crippen molar-refractivity contribution in [2.24, 2.45) is 5.73 Å². The molecule has 2 aliphatic heterocycles. The Hall–Kier alpha value is -2.08. The maximum absolute atomic E-state index is 13.0. The predicted octanol–water partition coefficient (Wildman–Crippen LogP) is -3.59. The van der Waals surface area contributed by atoms with Gasteiger partial charge in [0.25, 0.3) is 5.91 Å². The van der Waals surface area contributed by atoms with Crippen LogP contribution >= 0.6 is 0 Å². The van der Waals surface area contributed by atoms with Crippen LogP contribution in [0.25, 0.3) is 0 Å². The lowest BCUT2D eigenvalue weighted by molar-refractivity contribution is -0.149. The second-order valence-electron chi connectivity index (χ2n) is 7.69. The van der Waals surface area contributed by atoms with Crippen molar-refractivity contribution >= 4 is 11.8 Å². The SMILES string of the molecule is NC(=O)C1[C@@H](O)[C@@H](O)CN1C(=O)[C@H](O)[C@H](Cc1ccccc1)N1C[C@@H](O)[C@@H](O)C1. The van der Waals surface area contributed by atoms with Crippen molar-refractivity contribution in [2.45, 2.75) is 49.0 Å². The van der Waals surface area contributed by atoms with Crippen LogP contribution in [-0.2, 0) is 16.0 Å². The molecule has 0 aromatic heterocycles. The molecule has 10 heteroatoms. The molecule has 7 N–H and O–H groups in total. The summed E-state index contributed by atoms with van der Waals surface area (Å²) < 4.78 is 0. The minimum Gasteiger partial charge on any atom is -0.389 e. The van der Waals surface area contributed by atoms with Gasteiger partial charge in [0.15, 0.2) is 0 Å². The Labute approximate surface area is 167 Å². The lowest BCUT2D eigenvalue weighted by atomic mass is 9.98. The van der Waals surface area contributed by atoms with Gasteiger partial charge in [-0.25, -0.2) is 0 Å². The van der Waals surface area contributed by atoms with E-state index in [1.807, 2.05) is 30.3 Å². The molecular weight excluding hydrogens is 382 g/mol. The van der Waals surface area contributed by atoms with Gasteiger partial charge in [0, 0.05) is 19.1 Å². The molecule has 0 bridgehead atoms. The van der Waals surface area contributed by atoms with Gasteiger partial charge in [0.2, 0.25) is 5.91 Å². The highest BCUT2D eigenvalue weighted by Gasteiger charge is 2.49. The Morgan fingerprint density at radius 1 is 1.00 bits per heavy atom. The standard InChI is InChI=1S/C19H27N3O7/c20-18(28)15-17(27)14(25)9-22(15)19(29)16(26)11(6-10-4-2-1-3-5-10)21-7-12(23)13(24)8-21/h1-5,11-17,23-27H,6-9H2,(H2,20,28)/t11-,12-,13+,14-,15?,16+,17-/m0/s1. The van der Waals surface area contributed by atoms with E-state index < -0.39 is 54.4 Å². The van der Waals surface area contributed by atoms with Gasteiger partial charge in [-0.05, 0) is 12.0 Å². The van der Waals surface area contributed by atoms with E-state index in [9.17, 15) is 35.1 Å². The Bertz CT molecular complexity index is 724. The zero-order chi connectivity index (χ0) is 21.3. The highest BCUT2D eigenvalue weighted by atomic mass is 16.3. The van der Waals surface area contributed by atoms with Gasteiger partial charge in [0.05, 0.1) is 24.9 Å². The first-order chi connectivity index (χ1) is 13.7. The number of rotatable bonds is 6. The third-order valence-electron chi connectivity index (χ3n) is 5.67. The topological polar surface area (TPSA) is 168 Å². The second kappa shape index (κ2) is 8.74. The summed E-state index contributed by atoms with van der Waals surface area (Å²) in [5.41, 5.74) is 6.10. The lowest BCUT2D eigenvalue weighted by Gasteiger charge is -2.34. The van der Waals surface area contributed by atoms with Crippen molar-refractivity contribution < 1.29 is 35.1 Å². The lowest BCUT2D eigenvalue weighted by Crippen LogP contribution is -2.56. The van der Waals surface area contributed by atoms with Crippen LogP contribution < -0.4 is 5.73 Å². The number of nitrogens with zero attached hydrogens (tertiary/aromatic N) is 2. The van der Waals surface area contributed by atoms with Gasteiger partial charge in [-0.15, -0.1) is 0 Å². The second-order valence-corrected chi connectivity index (χ2v) is 7.69. The number of carbonyl (C=O) groups excluding carboxylic acids is 2. The van der Waals surface area contributed by atoms with Crippen molar-refractivity contribution in [3.05, 3.63) is 35.9 Å². The highest BCUT2D eigenvalue weighted by Crippen LogP contribution is 2.24. The molecule has 1 aromatic carbocycles. The Kier molecular flexibility index (Phi) is 6.52. The van der Waals surface area contributed by atoms with E-state index in [0.717, 1.165) is 10.5 Å². The first-order valence-corrected chi connectivity index (χ1v) is 9.48. The molecule has 2 aliphatic rings. The first kappa shape index (κ1) is 21.6. The fourth-order valence-corrected chi connectivity index (χ4v) is 4.07. The molecule has 0 spiro atoms. The van der Waals surface area contributed by atoms with Crippen LogP contribution in [0.15, 0.2) is 30.3 Å². The third kappa shape index (κ3) is 4.42. The van der Waals surface area contributed by atoms with Gasteiger partial charge in [0.1, 0.15) is 18.2 Å². The molecule has 3 rings (SSSR count). The average molecular weight is 409 g/mol. The summed E-state index contributed by atoms with van der Waals surface area (Å²) in [4.78, 5) is 27.2. The molecule has 2 heterocycles. The number of primary amides is 1. The summed E-state index contributed by atoms with van der Waals surface area (Å²) in [6, 6.07) is 6.84. The van der Waals surface area contributed by atoms with Crippen LogP contribution in [0.4, 0.5) is 0 Å². The summed E-state index contributed by atoms with van der Waals surface area (Å²) in [6.07, 6.45) is -6.30. The molecule has 10 nitrogen and oxygen atoms in total. The quantitative estimate of drug-likeness (QED) is 0.280. The van der Waals surface area contributed by atoms with Crippen LogP contribution in [0.2, 0.25) is 0 Å². The van der Waals surface area contributed by atoms with Crippen molar-refractivity contribution in [2.75, 3.05) is 19.6 Å². The average Bonchev–Trinajstić information content (AvgIpc) is 3.18. The smallest absolute Gasteiger partial charge is 0.253 e. The minimum absolute atomic E-state index is 0.0630. The Balaban J connectivity index is 1.84. The van der Waals surface area contributed by atoms with Crippen LogP contribution in [-0.4, -0.2) is 109 Å². The van der Waals surface area contributed by atoms with Crippen LogP contribution in [0, 0.1) is 0 Å². The number of benzene rings is 1. The molecule has 7 atom stereocenters. The maximum atomic E-state index is 13.0. The number of likely N-dealkylation sites (tertiary alicyclic amines) is 2. The molecule has 2 fully saturated rings. The van der Waals surface area contributed by atoms with Gasteiger partial charge >= 0.3 is 0 Å². The summed E-state index contributed by atoms with van der Waals surface area (Å²) in [5.74, 6) is -1.84. The normalized spacial score (nSPS) is 32.3. The van der Waals surface area contributed by atoms with Crippen LogP contribution in [0.3, 0.4) is 0 Å². The fourth-order valence-electron chi connectivity index (χ4n) is 4.07. The fraction of sp³-hybridized carbons (Fsp3) is 0.579. The summed E-state index contributed by atoms with van der Waals surface area (Å²) in [5, 5.41) is 50.5. The largest absolute Gasteiger partial charge is 0.389 e. The number of carbonyl (C=O) groups is 2. The predicted molar refractivity (Wildman–Crippen MR) is 100 cm³/mol. The molecule has 0 aliphatic carbocycles. The van der Waals surface area contributed by atoms with E-state index >= 15 is 0 Å². The minimum atomic E-state index is -1.63. The molecule has 1 aromatic rings. The zero-order valence-electron chi connectivity index (χ0n) is 15.8. The molecule has 29 heavy (non-hydrogen) atoms. The van der Waals surface area contributed by atoms with E-state index in [0.29, 0.717) is 0 Å². The molecule has 0 saturated carbocycles. The molecule has 0 radical (unpaired) electrons. The van der Waals surface area contributed by atoms with Gasteiger partial charge in [-0.3, -0.25) is 14.5 Å². The number of nitrogens with two attached hydrogens (primary N) is 1. The molecule has 160 valence electrons. The summed E-state index contributed by atoms with van der Waals surface area (Å²) in [7, 11) is 0. The van der Waals surface area contributed by atoms with Crippen molar-refractivity contribution in [1.29, 1.82) is 0 Å². The number of aliphatic hydroxyl groups excluding tert-OH is 5. The summed E-state index contributed by atoms with van der Waals surface area (Å²) in [6.45, 7) is -0.213. The number of aliphatic hydroxyl groups is 5. The number of amides is 2. The van der Waals surface area contributed by atoms with E-state index in [-0.39, 0.29) is 26.1 Å². The Morgan fingerprint density at radius 3 is 2.14 bits per heavy atom. The highest BCUT2D eigenvalue weighted by molar-refractivity contribution is 5.90. The monoisotopic (exact) mass is 409 g/mol. The van der Waals surface area contributed by atoms with Crippen LogP contribution in [0.5, 0.6) is 0 Å². The first-order valence-electron chi connectivity index (χ1n) is 9.48. The third-order valence-corrected chi connectivity index (χ3v) is 5.67. The zero-order valence-corrected chi connectivity index (χ0v) is 15.8. The molecule has 2 saturated heterocycles. The molecular formula is C19H27N3O7. The Morgan fingerprint density at radius 2 is 1.59 bits per heavy atom. The van der Waals surface area contributed by atoms with Crippen molar-refractivity contribution in [3.63, 3.8) is 0 Å². The van der Waals surface area contributed by atoms with E-state index in [1.165, 1.54) is 0 Å². The molecule has 1 unspecified atom stereocenters. The van der Waals surface area contributed by atoms with Crippen molar-refractivity contribution in [1.82, 2.24) is 9.80 Å². The number of hydrogen-bond acceptors (Lipinski definition) is 8.